The molecule has 0 aliphatic carbocycles. The second-order valence-electron chi connectivity index (χ2n) is 6.30. The molecule has 1 aromatic heterocycles. The number of carbonyl (C=O) groups is 1. The minimum Gasteiger partial charge on any atom is -0.274 e. The molecule has 2 aromatic carbocycles. The topological polar surface area (TPSA) is 76.1 Å². The van der Waals surface area contributed by atoms with Crippen LogP contribution >= 0.6 is 11.6 Å². The molecule has 0 atom stereocenters. The maximum Gasteiger partial charge on any atom is 0.393 e. The molecule has 10 heteroatoms. The van der Waals surface area contributed by atoms with Crippen LogP contribution in [0.25, 0.3) is 10.9 Å². The molecule has 152 valence electrons. The summed E-state index contributed by atoms with van der Waals surface area (Å²) >= 11 is 5.97. The monoisotopic (exact) mass is 442 g/mol. The molecule has 29 heavy (non-hydrogen) atoms. The summed E-state index contributed by atoms with van der Waals surface area (Å²) in [5.74, 6) is -0.891. The first-order chi connectivity index (χ1) is 13.5. The fraction of sp³-hybridized carbons (Fsp3) is 0.158. The van der Waals surface area contributed by atoms with Crippen LogP contribution in [0.3, 0.4) is 0 Å². The van der Waals surface area contributed by atoms with Gasteiger partial charge in [0.25, 0.3) is 10.0 Å². The lowest BCUT2D eigenvalue weighted by molar-refractivity contribution is -0.127. The zero-order valence-electron chi connectivity index (χ0n) is 14.7. The number of hydrogen-bond donors (Lipinski definition) is 1. The number of fused-ring (bicyclic) bond motifs is 1. The summed E-state index contributed by atoms with van der Waals surface area (Å²) in [5.41, 5.74) is 0.383. The first-order valence-corrected chi connectivity index (χ1v) is 10.1. The highest BCUT2D eigenvalue weighted by molar-refractivity contribution is 7.90. The van der Waals surface area contributed by atoms with Crippen LogP contribution < -0.4 is 4.72 Å². The Labute approximate surface area is 169 Å². The second kappa shape index (κ2) is 8.00. The third kappa shape index (κ3) is 5.45. The average molecular weight is 443 g/mol. The number of sulfonamides is 1. The predicted molar refractivity (Wildman–Crippen MR) is 102 cm³/mol. The summed E-state index contributed by atoms with van der Waals surface area (Å²) in [4.78, 5) is 16.0. The van der Waals surface area contributed by atoms with Crippen molar-refractivity contribution in [3.8, 4) is 0 Å². The SMILES string of the molecule is O=C(Cc1cccc(CC(F)(F)F)c1)NS(=O)(=O)c1cc(Cl)cc2cccnc12. The highest BCUT2D eigenvalue weighted by Crippen LogP contribution is 2.26. The van der Waals surface area contributed by atoms with Crippen LogP contribution in [-0.2, 0) is 27.7 Å². The van der Waals surface area contributed by atoms with Crippen molar-refractivity contribution in [2.75, 3.05) is 0 Å². The number of aromatic nitrogens is 1. The number of hydrogen-bond acceptors (Lipinski definition) is 4. The lowest BCUT2D eigenvalue weighted by atomic mass is 10.1. The van der Waals surface area contributed by atoms with Gasteiger partial charge in [-0.25, -0.2) is 13.1 Å². The van der Waals surface area contributed by atoms with Crippen LogP contribution in [0.1, 0.15) is 11.1 Å². The Balaban J connectivity index is 1.82. The zero-order valence-corrected chi connectivity index (χ0v) is 16.3. The number of nitrogens with zero attached hydrogens (tertiary/aromatic N) is 1. The van der Waals surface area contributed by atoms with E-state index in [9.17, 15) is 26.4 Å². The van der Waals surface area contributed by atoms with Crippen molar-refractivity contribution in [2.24, 2.45) is 0 Å². The first-order valence-electron chi connectivity index (χ1n) is 8.28. The maximum atomic E-state index is 12.7. The number of alkyl halides is 3. The summed E-state index contributed by atoms with van der Waals surface area (Å²) in [6, 6.07) is 11.3. The standard InChI is InChI=1S/C19H14ClF3N2O3S/c20-15-9-14-5-2-6-24-18(14)16(10-15)29(27,28)25-17(26)8-12-3-1-4-13(7-12)11-19(21,22)23/h1-7,9-10H,8,11H2,(H,25,26). The zero-order chi connectivity index (χ0) is 21.2. The van der Waals surface area contributed by atoms with Crippen molar-refractivity contribution in [3.05, 3.63) is 70.9 Å². The molecule has 0 fully saturated rings. The molecule has 0 saturated heterocycles. The van der Waals surface area contributed by atoms with Crippen LogP contribution in [0.15, 0.2) is 59.6 Å². The third-order valence-electron chi connectivity index (χ3n) is 3.93. The van der Waals surface area contributed by atoms with E-state index in [1.807, 2.05) is 4.72 Å². The smallest absolute Gasteiger partial charge is 0.274 e. The lowest BCUT2D eigenvalue weighted by Gasteiger charge is -2.11. The molecule has 0 unspecified atom stereocenters. The van der Waals surface area contributed by atoms with Gasteiger partial charge >= 0.3 is 6.18 Å². The van der Waals surface area contributed by atoms with Crippen LogP contribution in [0.4, 0.5) is 13.2 Å². The number of rotatable bonds is 5. The highest BCUT2D eigenvalue weighted by atomic mass is 35.5. The van der Waals surface area contributed by atoms with Crippen LogP contribution in [0.5, 0.6) is 0 Å². The molecule has 0 radical (unpaired) electrons. The van der Waals surface area contributed by atoms with Gasteiger partial charge in [0, 0.05) is 16.6 Å². The summed E-state index contributed by atoms with van der Waals surface area (Å²) in [7, 11) is -4.29. The Morgan fingerprint density at radius 1 is 1.07 bits per heavy atom. The van der Waals surface area contributed by atoms with Crippen LogP contribution in [0.2, 0.25) is 5.02 Å². The molecular weight excluding hydrogens is 429 g/mol. The number of pyridine rings is 1. The normalized spacial score (nSPS) is 12.1. The Morgan fingerprint density at radius 2 is 1.79 bits per heavy atom. The molecule has 3 aromatic rings. The van der Waals surface area contributed by atoms with E-state index in [-0.39, 0.29) is 26.6 Å². The Morgan fingerprint density at radius 3 is 2.52 bits per heavy atom. The Hall–Kier alpha value is -2.65. The molecule has 1 heterocycles. The first kappa shape index (κ1) is 21.1. The molecule has 1 amide bonds. The quantitative estimate of drug-likeness (QED) is 0.647. The van der Waals surface area contributed by atoms with E-state index in [0.29, 0.717) is 5.39 Å². The van der Waals surface area contributed by atoms with E-state index in [2.05, 4.69) is 4.98 Å². The third-order valence-corrected chi connectivity index (χ3v) is 5.54. The van der Waals surface area contributed by atoms with Gasteiger partial charge in [-0.2, -0.15) is 13.2 Å². The minimum atomic E-state index is -4.38. The molecule has 0 spiro atoms. The molecule has 0 aliphatic heterocycles. The molecule has 0 bridgehead atoms. The van der Waals surface area contributed by atoms with Gasteiger partial charge in [0.05, 0.1) is 18.4 Å². The number of halogens is 4. The van der Waals surface area contributed by atoms with Crippen molar-refractivity contribution in [3.63, 3.8) is 0 Å². The van der Waals surface area contributed by atoms with Gasteiger partial charge < -0.3 is 0 Å². The van der Waals surface area contributed by atoms with E-state index >= 15 is 0 Å². The number of benzene rings is 2. The van der Waals surface area contributed by atoms with E-state index in [4.69, 9.17) is 11.6 Å². The number of carbonyl (C=O) groups excluding carboxylic acids is 1. The van der Waals surface area contributed by atoms with Crippen molar-refractivity contribution < 1.29 is 26.4 Å². The van der Waals surface area contributed by atoms with Gasteiger partial charge in [0.1, 0.15) is 4.90 Å². The van der Waals surface area contributed by atoms with Gasteiger partial charge in [-0.05, 0) is 29.3 Å². The molecular formula is C19H14ClF3N2O3S. The summed E-state index contributed by atoms with van der Waals surface area (Å²) in [6.07, 6.45) is -4.52. The average Bonchev–Trinajstić information content (AvgIpc) is 2.59. The van der Waals surface area contributed by atoms with Gasteiger partial charge in [-0.3, -0.25) is 9.78 Å². The van der Waals surface area contributed by atoms with E-state index < -0.39 is 34.9 Å². The molecule has 1 N–H and O–H groups in total. The van der Waals surface area contributed by atoms with E-state index in [0.717, 1.165) is 0 Å². The van der Waals surface area contributed by atoms with Crippen molar-refractivity contribution in [1.82, 2.24) is 9.71 Å². The minimum absolute atomic E-state index is 0.0179. The molecule has 0 aliphatic rings. The van der Waals surface area contributed by atoms with Crippen molar-refractivity contribution in [1.29, 1.82) is 0 Å². The number of amides is 1. The fourth-order valence-electron chi connectivity index (χ4n) is 2.84. The number of nitrogens with one attached hydrogen (secondary N) is 1. The lowest BCUT2D eigenvalue weighted by Crippen LogP contribution is -2.32. The largest absolute Gasteiger partial charge is 0.393 e. The predicted octanol–water partition coefficient (Wildman–Crippen LogP) is 4.04. The highest BCUT2D eigenvalue weighted by Gasteiger charge is 2.28. The summed E-state index contributed by atoms with van der Waals surface area (Å²) in [6.45, 7) is 0. The maximum absolute atomic E-state index is 12.7. The Bertz CT molecular complexity index is 1180. The van der Waals surface area contributed by atoms with Gasteiger partial charge in [-0.1, -0.05) is 41.9 Å². The van der Waals surface area contributed by atoms with Crippen molar-refractivity contribution >= 4 is 38.4 Å². The second-order valence-corrected chi connectivity index (χ2v) is 8.38. The van der Waals surface area contributed by atoms with Gasteiger partial charge in [-0.15, -0.1) is 0 Å². The van der Waals surface area contributed by atoms with Crippen LogP contribution in [-0.4, -0.2) is 25.5 Å². The summed E-state index contributed by atoms with van der Waals surface area (Å²) in [5, 5.41) is 0.630. The molecule has 0 saturated carbocycles. The summed E-state index contributed by atoms with van der Waals surface area (Å²) < 4.78 is 64.9. The van der Waals surface area contributed by atoms with Crippen molar-refractivity contribution in [2.45, 2.75) is 23.9 Å². The van der Waals surface area contributed by atoms with Crippen LogP contribution in [0, 0.1) is 0 Å². The van der Waals surface area contributed by atoms with E-state index in [1.165, 1.54) is 42.6 Å². The Kier molecular flexibility index (Phi) is 5.81. The van der Waals surface area contributed by atoms with Gasteiger partial charge in [0.2, 0.25) is 5.91 Å². The molecule has 3 rings (SSSR count). The fourth-order valence-corrected chi connectivity index (χ4v) is 4.32. The van der Waals surface area contributed by atoms with Gasteiger partial charge in [0.15, 0.2) is 0 Å². The van der Waals surface area contributed by atoms with E-state index in [1.54, 1.807) is 12.1 Å². The molecule has 5 nitrogen and oxygen atoms in total.